The molecule has 0 radical (unpaired) electrons. The van der Waals surface area contributed by atoms with Crippen LogP contribution < -0.4 is 0 Å². The maximum atomic E-state index is 11.8. The minimum absolute atomic E-state index is 0.111. The maximum Gasteiger partial charge on any atom is 0.308 e. The highest BCUT2D eigenvalue weighted by molar-refractivity contribution is 8.34. The van der Waals surface area contributed by atoms with E-state index in [4.69, 9.17) is 8.92 Å². The molecule has 0 heterocycles. The second kappa shape index (κ2) is 8.92. The maximum absolute atomic E-state index is 11.8. The first kappa shape index (κ1) is 20.8. The molecule has 0 N–H and O–H groups in total. The molecule has 1 aromatic carbocycles. The molecule has 3 nitrogen and oxygen atoms in total. The summed E-state index contributed by atoms with van der Waals surface area (Å²) < 4.78 is 11.6. The van der Waals surface area contributed by atoms with Gasteiger partial charge in [-0.05, 0) is 52.2 Å². The molecule has 2 unspecified atom stereocenters. The molecule has 0 saturated carbocycles. The van der Waals surface area contributed by atoms with Crippen LogP contribution in [0.5, 0.6) is 0 Å². The lowest BCUT2D eigenvalue weighted by molar-refractivity contribution is -0.143. The fourth-order valence-corrected chi connectivity index (χ4v) is 6.96. The molecule has 1 aliphatic rings. The van der Waals surface area contributed by atoms with Gasteiger partial charge in [-0.1, -0.05) is 53.7 Å². The first-order valence-electron chi connectivity index (χ1n) is 9.37. The lowest BCUT2D eigenvalue weighted by atomic mass is 10.0. The smallest absolute Gasteiger partial charge is 0.308 e. The Labute approximate surface area is 160 Å². The van der Waals surface area contributed by atoms with Gasteiger partial charge in [0.2, 0.25) is 0 Å². The third-order valence-electron chi connectivity index (χ3n) is 4.42. The van der Waals surface area contributed by atoms with Gasteiger partial charge in [-0.3, -0.25) is 4.79 Å². The Morgan fingerprint density at radius 1 is 1.23 bits per heavy atom. The number of hydrogen-bond donors (Lipinski definition) is 0. The highest BCUT2D eigenvalue weighted by Crippen LogP contribution is 2.72. The number of ether oxygens (including phenoxy) is 1. The van der Waals surface area contributed by atoms with E-state index in [9.17, 15) is 4.79 Å². The highest BCUT2D eigenvalue weighted by atomic mass is 32.3. The molecule has 0 aromatic heterocycles. The van der Waals surface area contributed by atoms with Crippen LogP contribution in [0.4, 0.5) is 0 Å². The van der Waals surface area contributed by atoms with E-state index in [2.05, 4.69) is 70.2 Å². The molecule has 1 aromatic rings. The van der Waals surface area contributed by atoms with Crippen molar-refractivity contribution < 1.29 is 13.7 Å². The fraction of sp³-hybridized carbons (Fsp3) is 0.500. The van der Waals surface area contributed by atoms with Crippen molar-refractivity contribution in [1.82, 2.24) is 0 Å². The lowest BCUT2D eigenvalue weighted by Crippen LogP contribution is -2.29. The summed E-state index contributed by atoms with van der Waals surface area (Å²) in [7, 11) is -1.76. The molecule has 2 atom stereocenters. The minimum atomic E-state index is -1.76. The lowest BCUT2D eigenvalue weighted by Gasteiger charge is -2.51. The monoisotopic (exact) mass is 376 g/mol. The van der Waals surface area contributed by atoms with Crippen molar-refractivity contribution in [3.63, 3.8) is 0 Å². The Morgan fingerprint density at radius 2 is 1.92 bits per heavy atom. The Balaban J connectivity index is 2.41. The molecule has 2 rings (SSSR count). The van der Waals surface area contributed by atoms with Crippen LogP contribution >= 0.6 is 10.3 Å². The number of esters is 1. The van der Waals surface area contributed by atoms with Gasteiger partial charge in [0.05, 0.1) is 19.6 Å². The number of carbonyl (C=O) groups is 1. The highest BCUT2D eigenvalue weighted by Gasteiger charge is 2.42. The standard InChI is InChI=1S/C22H32O3S/c1-6-24-21(23)16-17-25-26(22(3,4)5,19-10-8-7-9-11-19)20-14-12-18(2)13-15-20/h7-12,14-15,18H,6,13,16-17H2,1-5H3. The zero-order chi connectivity index (χ0) is 19.2. The van der Waals surface area contributed by atoms with E-state index in [1.54, 1.807) is 0 Å². The molecule has 0 spiro atoms. The van der Waals surface area contributed by atoms with Gasteiger partial charge in [-0.15, -0.1) is 0 Å². The van der Waals surface area contributed by atoms with Crippen molar-refractivity contribution in [2.45, 2.75) is 57.1 Å². The molecule has 26 heavy (non-hydrogen) atoms. The van der Waals surface area contributed by atoms with E-state index >= 15 is 0 Å². The van der Waals surface area contributed by atoms with Gasteiger partial charge >= 0.3 is 5.97 Å². The Hall–Kier alpha value is -1.52. The zero-order valence-electron chi connectivity index (χ0n) is 16.7. The summed E-state index contributed by atoms with van der Waals surface area (Å²) in [5, 5.41) is 0. The molecule has 1 aliphatic carbocycles. The predicted octanol–water partition coefficient (Wildman–Crippen LogP) is 6.01. The van der Waals surface area contributed by atoms with Gasteiger partial charge in [0, 0.05) is 14.5 Å². The molecule has 0 aliphatic heterocycles. The van der Waals surface area contributed by atoms with Crippen molar-refractivity contribution in [3.8, 4) is 0 Å². The Morgan fingerprint density at radius 3 is 2.46 bits per heavy atom. The van der Waals surface area contributed by atoms with Crippen LogP contribution in [0.15, 0.2) is 58.4 Å². The predicted molar refractivity (Wildman–Crippen MR) is 110 cm³/mol. The van der Waals surface area contributed by atoms with Crippen LogP contribution in [0.3, 0.4) is 0 Å². The first-order valence-corrected chi connectivity index (χ1v) is 10.9. The number of benzene rings is 1. The van der Waals surface area contributed by atoms with Gasteiger partial charge < -0.3 is 8.92 Å². The van der Waals surface area contributed by atoms with Crippen LogP contribution in [-0.4, -0.2) is 23.9 Å². The van der Waals surface area contributed by atoms with Crippen LogP contribution in [0, 0.1) is 5.92 Å². The molecule has 0 fully saturated rings. The fourth-order valence-electron chi connectivity index (χ4n) is 3.17. The first-order chi connectivity index (χ1) is 12.3. The normalized spacial score (nSPS) is 20.8. The van der Waals surface area contributed by atoms with E-state index in [1.807, 2.05) is 13.0 Å². The number of allylic oxidation sites excluding steroid dienone is 3. The van der Waals surface area contributed by atoms with E-state index in [0.717, 1.165) is 6.42 Å². The average Bonchev–Trinajstić information content (AvgIpc) is 2.60. The van der Waals surface area contributed by atoms with E-state index in [1.165, 1.54) is 9.80 Å². The average molecular weight is 377 g/mol. The minimum Gasteiger partial charge on any atom is -0.466 e. The summed E-state index contributed by atoms with van der Waals surface area (Å²) in [5.74, 6) is 0.343. The van der Waals surface area contributed by atoms with Gasteiger partial charge in [0.25, 0.3) is 0 Å². The van der Waals surface area contributed by atoms with E-state index in [-0.39, 0.29) is 17.1 Å². The van der Waals surface area contributed by atoms with Crippen molar-refractivity contribution in [1.29, 1.82) is 0 Å². The van der Waals surface area contributed by atoms with Crippen LogP contribution in [0.1, 0.15) is 47.5 Å². The van der Waals surface area contributed by atoms with Crippen molar-refractivity contribution in [2.24, 2.45) is 5.92 Å². The van der Waals surface area contributed by atoms with Gasteiger partial charge in [-0.25, -0.2) is 0 Å². The molecular formula is C22H32O3S. The Kier molecular flexibility index (Phi) is 7.13. The summed E-state index contributed by atoms with van der Waals surface area (Å²) >= 11 is 0. The molecule has 144 valence electrons. The molecule has 0 saturated heterocycles. The third kappa shape index (κ3) is 4.60. The van der Waals surface area contributed by atoms with Crippen LogP contribution in [0.25, 0.3) is 0 Å². The van der Waals surface area contributed by atoms with Crippen molar-refractivity contribution >= 4 is 16.3 Å². The van der Waals surface area contributed by atoms with Crippen molar-refractivity contribution in [2.75, 3.05) is 13.2 Å². The molecular weight excluding hydrogens is 344 g/mol. The van der Waals surface area contributed by atoms with Gasteiger partial charge in [0.1, 0.15) is 0 Å². The van der Waals surface area contributed by atoms with E-state index in [0.29, 0.717) is 19.1 Å². The van der Waals surface area contributed by atoms with Crippen LogP contribution in [0.2, 0.25) is 0 Å². The van der Waals surface area contributed by atoms with E-state index < -0.39 is 10.3 Å². The third-order valence-corrected chi connectivity index (χ3v) is 8.57. The number of hydrogen-bond acceptors (Lipinski definition) is 3. The summed E-state index contributed by atoms with van der Waals surface area (Å²) in [6.07, 6.45) is 8.11. The SMILES string of the molecule is CCOC(=O)CCOS(C1=CCC(C)C=C1)(c1ccccc1)C(C)(C)C. The summed E-state index contributed by atoms with van der Waals surface area (Å²) in [6, 6.07) is 10.5. The number of rotatable bonds is 7. The van der Waals surface area contributed by atoms with Crippen molar-refractivity contribution in [3.05, 3.63) is 53.5 Å². The summed E-state index contributed by atoms with van der Waals surface area (Å²) in [6.45, 7) is 11.5. The topological polar surface area (TPSA) is 35.5 Å². The van der Waals surface area contributed by atoms with Gasteiger partial charge in [-0.2, -0.15) is 0 Å². The van der Waals surface area contributed by atoms with Crippen LogP contribution in [-0.2, 0) is 13.7 Å². The quantitative estimate of drug-likeness (QED) is 0.546. The molecule has 0 amide bonds. The molecule has 4 heteroatoms. The second-order valence-electron chi connectivity index (χ2n) is 7.54. The second-order valence-corrected chi connectivity index (χ2v) is 11.1. The van der Waals surface area contributed by atoms with Gasteiger partial charge in [0.15, 0.2) is 0 Å². The zero-order valence-corrected chi connectivity index (χ0v) is 17.5. The Bertz CT molecular complexity index is 658. The molecule has 0 bridgehead atoms. The summed E-state index contributed by atoms with van der Waals surface area (Å²) in [4.78, 5) is 14.3. The number of carbonyl (C=O) groups excluding carboxylic acids is 1. The largest absolute Gasteiger partial charge is 0.466 e. The summed E-state index contributed by atoms with van der Waals surface area (Å²) in [5.41, 5.74) is 0.